The van der Waals surface area contributed by atoms with Gasteiger partial charge in [0.25, 0.3) is 0 Å². The van der Waals surface area contributed by atoms with Gasteiger partial charge < -0.3 is 9.47 Å². The van der Waals surface area contributed by atoms with Crippen LogP contribution in [-0.4, -0.2) is 13.2 Å². The predicted octanol–water partition coefficient (Wildman–Crippen LogP) is 5.59. The molecule has 0 N–H and O–H groups in total. The molecule has 1 aromatic carbocycles. The number of rotatable bonds is 5. The van der Waals surface area contributed by atoms with E-state index < -0.39 is 11.6 Å². The Bertz CT molecular complexity index is 412. The molecular formula is C17H28F2O2. The van der Waals surface area contributed by atoms with Gasteiger partial charge in [0.2, 0.25) is 5.82 Å². The Morgan fingerprint density at radius 3 is 2.05 bits per heavy atom. The molecule has 4 heteroatoms. The van der Waals surface area contributed by atoms with E-state index >= 15 is 0 Å². The van der Waals surface area contributed by atoms with Crippen molar-refractivity contribution in [3.8, 4) is 11.5 Å². The number of benzene rings is 1. The molecule has 0 atom stereocenters. The normalized spacial score (nSPS) is 10.7. The molecule has 0 aromatic heterocycles. The van der Waals surface area contributed by atoms with E-state index in [0.29, 0.717) is 6.61 Å². The van der Waals surface area contributed by atoms with E-state index in [1.807, 2.05) is 27.7 Å². The summed E-state index contributed by atoms with van der Waals surface area (Å²) in [5, 5.41) is 0. The molecule has 0 saturated carbocycles. The highest BCUT2D eigenvalue weighted by Gasteiger charge is 2.19. The standard InChI is InChI=1S/C14H20F2O2.C3H8/c1-5-8-17-11-7-6-10(15)13(12(11)16)18-9-14(2,3)4;1-3-2/h6-7H,5,8-9H2,1-4H3;3H2,1-2H3. The van der Waals surface area contributed by atoms with Crippen molar-refractivity contribution in [3.63, 3.8) is 0 Å². The maximum Gasteiger partial charge on any atom is 0.209 e. The lowest BCUT2D eigenvalue weighted by atomic mass is 9.99. The largest absolute Gasteiger partial charge is 0.490 e. The van der Waals surface area contributed by atoms with E-state index in [-0.39, 0.29) is 23.5 Å². The summed E-state index contributed by atoms with van der Waals surface area (Å²) in [6.45, 7) is 12.6. The summed E-state index contributed by atoms with van der Waals surface area (Å²) in [6, 6.07) is 2.44. The van der Waals surface area contributed by atoms with Gasteiger partial charge in [0.1, 0.15) is 0 Å². The third-order valence-electron chi connectivity index (χ3n) is 2.12. The van der Waals surface area contributed by atoms with Crippen LogP contribution in [0.25, 0.3) is 0 Å². The van der Waals surface area contributed by atoms with Gasteiger partial charge in [-0.25, -0.2) is 4.39 Å². The molecule has 0 saturated heterocycles. The minimum Gasteiger partial charge on any atom is -0.490 e. The Kier molecular flexibility index (Phi) is 8.98. The second-order valence-electron chi connectivity index (χ2n) is 6.09. The van der Waals surface area contributed by atoms with Gasteiger partial charge in [-0.3, -0.25) is 0 Å². The SMILES string of the molecule is CCC.CCCOc1ccc(F)c(OCC(C)(C)C)c1F. The molecule has 0 bridgehead atoms. The second-order valence-corrected chi connectivity index (χ2v) is 6.09. The summed E-state index contributed by atoms with van der Waals surface area (Å²) in [5.41, 5.74) is -0.167. The van der Waals surface area contributed by atoms with Crippen molar-refractivity contribution < 1.29 is 18.3 Å². The van der Waals surface area contributed by atoms with E-state index in [0.717, 1.165) is 12.5 Å². The average molecular weight is 302 g/mol. The summed E-state index contributed by atoms with van der Waals surface area (Å²) in [4.78, 5) is 0. The first-order chi connectivity index (χ1) is 9.76. The molecule has 21 heavy (non-hydrogen) atoms. The van der Waals surface area contributed by atoms with Gasteiger partial charge in [0.15, 0.2) is 17.3 Å². The van der Waals surface area contributed by atoms with Crippen LogP contribution in [0.2, 0.25) is 0 Å². The van der Waals surface area contributed by atoms with Crippen molar-refractivity contribution in [2.45, 2.75) is 54.4 Å². The molecular weight excluding hydrogens is 274 g/mol. The number of hydrogen-bond acceptors (Lipinski definition) is 2. The smallest absolute Gasteiger partial charge is 0.209 e. The molecule has 122 valence electrons. The molecule has 0 heterocycles. The topological polar surface area (TPSA) is 18.5 Å². The van der Waals surface area contributed by atoms with Gasteiger partial charge in [-0.2, -0.15) is 4.39 Å². The Balaban J connectivity index is 0.00000122. The van der Waals surface area contributed by atoms with E-state index in [2.05, 4.69) is 13.8 Å². The number of ether oxygens (including phenoxy) is 2. The molecule has 2 nitrogen and oxygen atoms in total. The molecule has 0 amide bonds. The molecule has 0 aliphatic carbocycles. The first kappa shape index (κ1) is 19.7. The summed E-state index contributed by atoms with van der Waals surface area (Å²) in [6.07, 6.45) is 2.01. The lowest BCUT2D eigenvalue weighted by molar-refractivity contribution is 0.181. The monoisotopic (exact) mass is 302 g/mol. The zero-order valence-electron chi connectivity index (χ0n) is 14.1. The Labute approximate surface area is 127 Å². The highest BCUT2D eigenvalue weighted by molar-refractivity contribution is 5.37. The minimum absolute atomic E-state index is 0.0298. The highest BCUT2D eigenvalue weighted by atomic mass is 19.1. The molecule has 0 aliphatic rings. The Morgan fingerprint density at radius 1 is 1.00 bits per heavy atom. The fourth-order valence-corrected chi connectivity index (χ4v) is 1.26. The van der Waals surface area contributed by atoms with E-state index in [1.165, 1.54) is 12.5 Å². The molecule has 1 rings (SSSR count). The van der Waals surface area contributed by atoms with E-state index in [4.69, 9.17) is 9.47 Å². The van der Waals surface area contributed by atoms with Crippen molar-refractivity contribution in [1.82, 2.24) is 0 Å². The Morgan fingerprint density at radius 2 is 1.57 bits per heavy atom. The molecule has 0 spiro atoms. The van der Waals surface area contributed by atoms with Crippen LogP contribution in [0.3, 0.4) is 0 Å². The van der Waals surface area contributed by atoms with Crippen LogP contribution in [0.4, 0.5) is 8.78 Å². The van der Waals surface area contributed by atoms with Crippen molar-refractivity contribution in [2.24, 2.45) is 5.41 Å². The highest BCUT2D eigenvalue weighted by Crippen LogP contribution is 2.31. The minimum atomic E-state index is -0.771. The van der Waals surface area contributed by atoms with Gasteiger partial charge in [-0.1, -0.05) is 48.0 Å². The van der Waals surface area contributed by atoms with Crippen molar-refractivity contribution in [1.29, 1.82) is 0 Å². The number of hydrogen-bond donors (Lipinski definition) is 0. The maximum absolute atomic E-state index is 13.9. The second kappa shape index (κ2) is 9.59. The van der Waals surface area contributed by atoms with Crippen molar-refractivity contribution in [3.05, 3.63) is 23.8 Å². The summed E-state index contributed by atoms with van der Waals surface area (Å²) in [5.74, 6) is -1.81. The van der Waals surface area contributed by atoms with Crippen LogP contribution in [-0.2, 0) is 0 Å². The first-order valence-corrected chi connectivity index (χ1v) is 7.50. The van der Waals surface area contributed by atoms with Gasteiger partial charge in [0.05, 0.1) is 13.2 Å². The van der Waals surface area contributed by atoms with Gasteiger partial charge in [0, 0.05) is 0 Å². The zero-order chi connectivity index (χ0) is 16.5. The van der Waals surface area contributed by atoms with Crippen LogP contribution in [0.15, 0.2) is 12.1 Å². The lowest BCUT2D eigenvalue weighted by Gasteiger charge is -2.20. The quantitative estimate of drug-likeness (QED) is 0.705. The van der Waals surface area contributed by atoms with Crippen molar-refractivity contribution in [2.75, 3.05) is 13.2 Å². The van der Waals surface area contributed by atoms with E-state index in [1.54, 1.807) is 0 Å². The van der Waals surface area contributed by atoms with Crippen LogP contribution in [0, 0.1) is 17.0 Å². The van der Waals surface area contributed by atoms with Crippen LogP contribution < -0.4 is 9.47 Å². The first-order valence-electron chi connectivity index (χ1n) is 7.50. The lowest BCUT2D eigenvalue weighted by Crippen LogP contribution is -2.18. The average Bonchev–Trinajstić information content (AvgIpc) is 2.37. The fraction of sp³-hybridized carbons (Fsp3) is 0.647. The number of halogens is 2. The van der Waals surface area contributed by atoms with Gasteiger partial charge in [-0.15, -0.1) is 0 Å². The van der Waals surface area contributed by atoms with Crippen LogP contribution in [0.5, 0.6) is 11.5 Å². The molecule has 0 fully saturated rings. The molecule has 0 unspecified atom stereocenters. The molecule has 0 radical (unpaired) electrons. The van der Waals surface area contributed by atoms with Crippen LogP contribution >= 0.6 is 0 Å². The van der Waals surface area contributed by atoms with E-state index in [9.17, 15) is 8.78 Å². The van der Waals surface area contributed by atoms with Crippen LogP contribution in [0.1, 0.15) is 54.4 Å². The summed E-state index contributed by atoms with van der Waals surface area (Å²) < 4.78 is 37.9. The predicted molar refractivity (Wildman–Crippen MR) is 83.1 cm³/mol. The molecule has 0 aliphatic heterocycles. The van der Waals surface area contributed by atoms with Gasteiger partial charge >= 0.3 is 0 Å². The maximum atomic E-state index is 13.9. The fourth-order valence-electron chi connectivity index (χ4n) is 1.26. The summed E-state index contributed by atoms with van der Waals surface area (Å²) in [7, 11) is 0. The van der Waals surface area contributed by atoms with Crippen molar-refractivity contribution >= 4 is 0 Å². The summed E-state index contributed by atoms with van der Waals surface area (Å²) >= 11 is 0. The van der Waals surface area contributed by atoms with Gasteiger partial charge in [-0.05, 0) is 24.0 Å². The molecule has 1 aromatic rings. The zero-order valence-corrected chi connectivity index (χ0v) is 14.1. The third kappa shape index (κ3) is 7.88. The third-order valence-corrected chi connectivity index (χ3v) is 2.12. The Hall–Kier alpha value is -1.32.